The molecular formula is C9H14O3. The molecule has 1 spiro atoms. The van der Waals surface area contributed by atoms with Crippen LogP contribution in [0.15, 0.2) is 0 Å². The number of esters is 1. The fourth-order valence-electron chi connectivity index (χ4n) is 1.93. The van der Waals surface area contributed by atoms with Gasteiger partial charge in [-0.3, -0.25) is 0 Å². The van der Waals surface area contributed by atoms with Crippen LogP contribution in [0, 0.1) is 5.92 Å². The van der Waals surface area contributed by atoms with Gasteiger partial charge in [-0.2, -0.15) is 0 Å². The second-order valence-electron chi connectivity index (χ2n) is 3.64. The molecule has 1 saturated carbocycles. The Morgan fingerprint density at radius 2 is 2.50 bits per heavy atom. The van der Waals surface area contributed by atoms with Crippen LogP contribution >= 0.6 is 0 Å². The molecule has 1 aliphatic heterocycles. The summed E-state index contributed by atoms with van der Waals surface area (Å²) in [5.41, 5.74) is -0.105. The fourth-order valence-corrected chi connectivity index (χ4v) is 1.93. The van der Waals surface area contributed by atoms with Crippen molar-refractivity contribution in [1.29, 1.82) is 0 Å². The van der Waals surface area contributed by atoms with E-state index in [-0.39, 0.29) is 17.7 Å². The molecular weight excluding hydrogens is 156 g/mol. The van der Waals surface area contributed by atoms with Gasteiger partial charge in [0, 0.05) is 0 Å². The quantitative estimate of drug-likeness (QED) is 0.460. The zero-order valence-electron chi connectivity index (χ0n) is 7.50. The maximum atomic E-state index is 11.2. The van der Waals surface area contributed by atoms with E-state index in [1.165, 1.54) is 6.42 Å². The highest BCUT2D eigenvalue weighted by Gasteiger charge is 2.68. The van der Waals surface area contributed by atoms with Gasteiger partial charge in [-0.25, -0.2) is 4.79 Å². The van der Waals surface area contributed by atoms with Gasteiger partial charge >= 0.3 is 5.97 Å². The van der Waals surface area contributed by atoms with Crippen molar-refractivity contribution in [1.82, 2.24) is 0 Å². The van der Waals surface area contributed by atoms with Crippen molar-refractivity contribution in [2.75, 3.05) is 6.61 Å². The average Bonchev–Trinajstić information content (AvgIpc) is 2.79. The Hall–Kier alpha value is -0.570. The zero-order chi connectivity index (χ0) is 8.77. The van der Waals surface area contributed by atoms with Gasteiger partial charge in [0.25, 0.3) is 0 Å². The molecule has 12 heavy (non-hydrogen) atoms. The highest BCUT2D eigenvalue weighted by molar-refractivity contribution is 5.79. The summed E-state index contributed by atoms with van der Waals surface area (Å²) in [6.45, 7) is 4.39. The number of hydrogen-bond donors (Lipinski definition) is 0. The van der Waals surface area contributed by atoms with E-state index >= 15 is 0 Å². The highest BCUT2D eigenvalue weighted by Crippen LogP contribution is 2.56. The van der Waals surface area contributed by atoms with Gasteiger partial charge in [-0.15, -0.1) is 0 Å². The van der Waals surface area contributed by atoms with Gasteiger partial charge in [0.2, 0.25) is 0 Å². The third kappa shape index (κ3) is 0.891. The predicted molar refractivity (Wildman–Crippen MR) is 42.6 cm³/mol. The van der Waals surface area contributed by atoms with Crippen molar-refractivity contribution in [3.63, 3.8) is 0 Å². The lowest BCUT2D eigenvalue weighted by Crippen LogP contribution is -2.37. The number of ether oxygens (including phenoxy) is 2. The van der Waals surface area contributed by atoms with E-state index in [2.05, 4.69) is 6.92 Å². The summed E-state index contributed by atoms with van der Waals surface area (Å²) in [6, 6.07) is 0. The molecule has 3 unspecified atom stereocenters. The van der Waals surface area contributed by atoms with Crippen LogP contribution < -0.4 is 0 Å². The van der Waals surface area contributed by atoms with Crippen molar-refractivity contribution in [3.05, 3.63) is 0 Å². The molecule has 0 N–H and O–H groups in total. The minimum Gasteiger partial charge on any atom is -0.464 e. The van der Waals surface area contributed by atoms with Gasteiger partial charge in [0.1, 0.15) is 5.60 Å². The molecule has 0 radical (unpaired) electrons. The third-order valence-corrected chi connectivity index (χ3v) is 3.03. The summed E-state index contributed by atoms with van der Waals surface area (Å²) in [5, 5.41) is 0. The van der Waals surface area contributed by atoms with Crippen LogP contribution in [0.2, 0.25) is 0 Å². The summed E-state index contributed by atoms with van der Waals surface area (Å²) in [7, 11) is 0. The number of carbonyl (C=O) groups is 1. The number of rotatable bonds is 2. The lowest BCUT2D eigenvalue weighted by molar-refractivity contribution is -0.144. The molecule has 2 fully saturated rings. The van der Waals surface area contributed by atoms with Crippen LogP contribution in [0.4, 0.5) is 0 Å². The fraction of sp³-hybridized carbons (Fsp3) is 0.889. The van der Waals surface area contributed by atoms with Gasteiger partial charge in [0.05, 0.1) is 6.61 Å². The summed E-state index contributed by atoms with van der Waals surface area (Å²) >= 11 is 0. The normalized spacial score (nSPS) is 43.8. The second-order valence-corrected chi connectivity index (χ2v) is 3.64. The van der Waals surface area contributed by atoms with Crippen LogP contribution in [0.3, 0.4) is 0 Å². The van der Waals surface area contributed by atoms with E-state index < -0.39 is 0 Å². The Morgan fingerprint density at radius 3 is 2.83 bits per heavy atom. The number of carbonyl (C=O) groups excluding carboxylic acids is 1. The van der Waals surface area contributed by atoms with Crippen LogP contribution in [0.5, 0.6) is 0 Å². The van der Waals surface area contributed by atoms with Crippen molar-refractivity contribution >= 4 is 5.97 Å². The molecule has 0 aromatic carbocycles. The molecule has 68 valence electrons. The Bertz CT molecular complexity index is 214. The Labute approximate surface area is 72.0 Å². The van der Waals surface area contributed by atoms with Crippen LogP contribution in [0.25, 0.3) is 0 Å². The summed E-state index contributed by atoms with van der Waals surface area (Å²) in [4.78, 5) is 11.2. The third-order valence-electron chi connectivity index (χ3n) is 3.03. The molecule has 3 heteroatoms. The van der Waals surface area contributed by atoms with Crippen molar-refractivity contribution in [2.24, 2.45) is 5.92 Å². The SMILES string of the molecule is CCOC(=O)C1OC12CCC2C. The van der Waals surface area contributed by atoms with Crippen LogP contribution in [-0.4, -0.2) is 24.3 Å². The van der Waals surface area contributed by atoms with Crippen molar-refractivity contribution in [3.8, 4) is 0 Å². The van der Waals surface area contributed by atoms with E-state index in [0.29, 0.717) is 12.5 Å². The first-order valence-corrected chi connectivity index (χ1v) is 4.55. The molecule has 3 nitrogen and oxygen atoms in total. The van der Waals surface area contributed by atoms with E-state index in [0.717, 1.165) is 6.42 Å². The molecule has 1 saturated heterocycles. The molecule has 0 bridgehead atoms. The summed E-state index contributed by atoms with van der Waals surface area (Å²) in [5.74, 6) is 0.357. The topological polar surface area (TPSA) is 38.8 Å². The lowest BCUT2D eigenvalue weighted by atomic mass is 9.72. The monoisotopic (exact) mass is 170 g/mol. The number of epoxide rings is 1. The first kappa shape index (κ1) is 8.05. The Morgan fingerprint density at radius 1 is 1.75 bits per heavy atom. The summed E-state index contributed by atoms with van der Waals surface area (Å²) in [6.07, 6.45) is 1.95. The molecule has 0 aromatic heterocycles. The van der Waals surface area contributed by atoms with Gasteiger partial charge in [0.15, 0.2) is 6.10 Å². The number of hydrogen-bond acceptors (Lipinski definition) is 3. The summed E-state index contributed by atoms with van der Waals surface area (Å²) < 4.78 is 10.3. The molecule has 3 atom stereocenters. The van der Waals surface area contributed by atoms with Gasteiger partial charge in [-0.05, 0) is 25.7 Å². The largest absolute Gasteiger partial charge is 0.464 e. The first-order chi connectivity index (χ1) is 5.70. The van der Waals surface area contributed by atoms with Crippen molar-refractivity contribution < 1.29 is 14.3 Å². The standard InChI is InChI=1S/C9H14O3/c1-3-11-8(10)7-9(12-7)5-4-6(9)2/h6-7H,3-5H2,1-2H3. The Kier molecular flexibility index (Phi) is 1.65. The Balaban J connectivity index is 1.90. The molecule has 1 heterocycles. The van der Waals surface area contributed by atoms with E-state index in [4.69, 9.17) is 9.47 Å². The molecule has 2 rings (SSSR count). The van der Waals surface area contributed by atoms with Crippen LogP contribution in [0.1, 0.15) is 26.7 Å². The molecule has 1 aliphatic carbocycles. The highest BCUT2D eigenvalue weighted by atomic mass is 16.7. The zero-order valence-corrected chi connectivity index (χ0v) is 7.50. The minimum atomic E-state index is -0.249. The molecule has 0 aromatic rings. The van der Waals surface area contributed by atoms with Crippen molar-refractivity contribution in [2.45, 2.75) is 38.4 Å². The van der Waals surface area contributed by atoms with E-state index in [1.54, 1.807) is 0 Å². The smallest absolute Gasteiger partial charge is 0.338 e. The van der Waals surface area contributed by atoms with Gasteiger partial charge < -0.3 is 9.47 Å². The minimum absolute atomic E-state index is 0.105. The lowest BCUT2D eigenvalue weighted by Gasteiger charge is -2.30. The van der Waals surface area contributed by atoms with E-state index in [9.17, 15) is 4.79 Å². The second kappa shape index (κ2) is 2.46. The molecule has 2 aliphatic rings. The molecule has 0 amide bonds. The predicted octanol–water partition coefficient (Wildman–Crippen LogP) is 1.12. The maximum Gasteiger partial charge on any atom is 0.338 e. The maximum absolute atomic E-state index is 11.2. The van der Waals surface area contributed by atoms with Gasteiger partial charge in [-0.1, -0.05) is 6.92 Å². The van der Waals surface area contributed by atoms with E-state index in [1.807, 2.05) is 6.92 Å². The van der Waals surface area contributed by atoms with Crippen LogP contribution in [-0.2, 0) is 14.3 Å². The average molecular weight is 170 g/mol. The first-order valence-electron chi connectivity index (χ1n) is 4.55.